The van der Waals surface area contributed by atoms with Crippen molar-refractivity contribution in [1.82, 2.24) is 34.7 Å². The van der Waals surface area contributed by atoms with Crippen molar-refractivity contribution in [2.75, 3.05) is 0 Å². The summed E-state index contributed by atoms with van der Waals surface area (Å²) in [6, 6.07) is 18.6. The van der Waals surface area contributed by atoms with Gasteiger partial charge in [0.05, 0.1) is 6.54 Å². The van der Waals surface area contributed by atoms with E-state index in [2.05, 4.69) is 61.9 Å². The van der Waals surface area contributed by atoms with E-state index in [0.29, 0.717) is 25.2 Å². The van der Waals surface area contributed by atoms with Crippen molar-refractivity contribution in [3.8, 4) is 11.1 Å². The Morgan fingerprint density at radius 3 is 2.63 bits per heavy atom. The number of fused-ring (bicyclic) bond motifs is 1. The molecule has 3 heterocycles. The molecule has 8 heteroatoms. The molecule has 35 heavy (non-hydrogen) atoms. The third kappa shape index (κ3) is 4.96. The van der Waals surface area contributed by atoms with Crippen LogP contribution >= 0.6 is 0 Å². The minimum absolute atomic E-state index is 0.00635. The molecular formula is C27H27N7O. The molecule has 2 aromatic carbocycles. The predicted octanol–water partition coefficient (Wildman–Crippen LogP) is 3.90. The number of nitrogens with zero attached hydrogens (tertiary/aromatic N) is 6. The van der Waals surface area contributed by atoms with Gasteiger partial charge in [0, 0.05) is 36.7 Å². The van der Waals surface area contributed by atoms with Crippen LogP contribution in [0.4, 0.5) is 0 Å². The van der Waals surface area contributed by atoms with Crippen LogP contribution in [0.5, 0.6) is 0 Å². The van der Waals surface area contributed by atoms with Crippen LogP contribution in [-0.4, -0.2) is 35.3 Å². The normalized spacial score (nSPS) is 11.1. The Morgan fingerprint density at radius 2 is 1.83 bits per heavy atom. The number of hydrogen-bond acceptors (Lipinski definition) is 5. The Hall–Kier alpha value is -4.33. The van der Waals surface area contributed by atoms with Crippen molar-refractivity contribution in [2.45, 2.75) is 39.8 Å². The fourth-order valence-electron chi connectivity index (χ4n) is 4.36. The van der Waals surface area contributed by atoms with Gasteiger partial charge in [-0.15, -0.1) is 0 Å². The van der Waals surface area contributed by atoms with E-state index < -0.39 is 0 Å². The van der Waals surface area contributed by atoms with Crippen molar-refractivity contribution in [3.63, 3.8) is 0 Å². The highest BCUT2D eigenvalue weighted by Crippen LogP contribution is 2.24. The van der Waals surface area contributed by atoms with Gasteiger partial charge in [-0.25, -0.2) is 9.50 Å². The number of aromatic nitrogens is 6. The Bertz CT molecular complexity index is 1450. The third-order valence-corrected chi connectivity index (χ3v) is 6.25. The molecule has 1 amide bonds. The summed E-state index contributed by atoms with van der Waals surface area (Å²) in [5.41, 5.74) is 7.40. The molecule has 0 fully saturated rings. The van der Waals surface area contributed by atoms with E-state index in [9.17, 15) is 4.79 Å². The Labute approximate surface area is 203 Å². The largest absolute Gasteiger partial charge is 0.352 e. The van der Waals surface area contributed by atoms with Gasteiger partial charge in [0.25, 0.3) is 5.78 Å². The minimum Gasteiger partial charge on any atom is -0.352 e. The van der Waals surface area contributed by atoms with E-state index in [0.717, 1.165) is 40.2 Å². The lowest BCUT2D eigenvalue weighted by Crippen LogP contribution is -2.23. The SMILES string of the molecule is Cc1nc2ncnn2c(C)c1CCC(=O)NCc1ccccc1-c1ccc(Cn2cccn2)cc1. The van der Waals surface area contributed by atoms with Crippen molar-refractivity contribution in [3.05, 3.63) is 101 Å². The zero-order valence-electron chi connectivity index (χ0n) is 19.8. The zero-order chi connectivity index (χ0) is 24.2. The first-order chi connectivity index (χ1) is 17.1. The van der Waals surface area contributed by atoms with E-state index in [4.69, 9.17) is 0 Å². The van der Waals surface area contributed by atoms with Crippen molar-refractivity contribution in [1.29, 1.82) is 0 Å². The first-order valence-corrected chi connectivity index (χ1v) is 11.7. The molecule has 0 unspecified atom stereocenters. The first kappa shape index (κ1) is 22.5. The molecular weight excluding hydrogens is 438 g/mol. The molecule has 0 atom stereocenters. The molecule has 0 bridgehead atoms. The minimum atomic E-state index is 0.00635. The molecule has 0 saturated heterocycles. The first-order valence-electron chi connectivity index (χ1n) is 11.7. The maximum Gasteiger partial charge on any atom is 0.252 e. The molecule has 0 aliphatic heterocycles. The topological polar surface area (TPSA) is 90.0 Å². The smallest absolute Gasteiger partial charge is 0.252 e. The standard InChI is InChI=1S/C27H27N7O/c1-19-24(20(2)34-27(32-19)29-18-31-34)12-13-26(35)28-16-23-6-3-4-7-25(23)22-10-8-21(9-11-22)17-33-15-5-14-30-33/h3-11,14-15,18H,12-13,16-17H2,1-2H3,(H,28,35). The van der Waals surface area contributed by atoms with Crippen LogP contribution in [-0.2, 0) is 24.3 Å². The summed E-state index contributed by atoms with van der Waals surface area (Å²) in [5, 5.41) is 11.6. The number of rotatable bonds is 8. The van der Waals surface area contributed by atoms with Gasteiger partial charge >= 0.3 is 0 Å². The molecule has 0 aliphatic carbocycles. The summed E-state index contributed by atoms with van der Waals surface area (Å²) < 4.78 is 3.62. The van der Waals surface area contributed by atoms with Crippen LogP contribution in [0, 0.1) is 13.8 Å². The highest BCUT2D eigenvalue weighted by atomic mass is 16.1. The molecule has 176 valence electrons. The van der Waals surface area contributed by atoms with Crippen LogP contribution in [0.15, 0.2) is 73.3 Å². The third-order valence-electron chi connectivity index (χ3n) is 6.25. The highest BCUT2D eigenvalue weighted by Gasteiger charge is 2.13. The summed E-state index contributed by atoms with van der Waals surface area (Å²) in [6.45, 7) is 5.15. The van der Waals surface area contributed by atoms with Crippen LogP contribution in [0.1, 0.15) is 34.5 Å². The summed E-state index contributed by atoms with van der Waals surface area (Å²) in [4.78, 5) is 21.3. The van der Waals surface area contributed by atoms with Gasteiger partial charge in [-0.1, -0.05) is 48.5 Å². The number of carbonyl (C=O) groups excluding carboxylic acids is 1. The molecule has 5 aromatic rings. The predicted molar refractivity (Wildman–Crippen MR) is 134 cm³/mol. The second-order valence-electron chi connectivity index (χ2n) is 8.57. The number of nitrogens with one attached hydrogen (secondary N) is 1. The average Bonchev–Trinajstić information content (AvgIpc) is 3.55. The van der Waals surface area contributed by atoms with Crippen LogP contribution in [0.2, 0.25) is 0 Å². The monoisotopic (exact) mass is 465 g/mol. The van der Waals surface area contributed by atoms with Crippen LogP contribution in [0.25, 0.3) is 16.9 Å². The van der Waals surface area contributed by atoms with Gasteiger partial charge in [-0.2, -0.15) is 15.2 Å². The summed E-state index contributed by atoms with van der Waals surface area (Å²) in [7, 11) is 0. The molecule has 0 radical (unpaired) electrons. The number of aryl methyl sites for hydroxylation is 2. The molecule has 0 aliphatic rings. The molecule has 0 spiro atoms. The van der Waals surface area contributed by atoms with E-state index in [-0.39, 0.29) is 5.91 Å². The van der Waals surface area contributed by atoms with Gasteiger partial charge < -0.3 is 5.32 Å². The van der Waals surface area contributed by atoms with Gasteiger partial charge in [0.2, 0.25) is 5.91 Å². The Kier molecular flexibility index (Phi) is 6.34. The Morgan fingerprint density at radius 1 is 1.00 bits per heavy atom. The number of carbonyl (C=O) groups is 1. The second-order valence-corrected chi connectivity index (χ2v) is 8.57. The average molecular weight is 466 g/mol. The van der Waals surface area contributed by atoms with Gasteiger partial charge in [0.15, 0.2) is 0 Å². The highest BCUT2D eigenvalue weighted by molar-refractivity contribution is 5.77. The van der Waals surface area contributed by atoms with Gasteiger partial charge in [-0.05, 0) is 54.2 Å². The molecule has 8 nitrogen and oxygen atoms in total. The molecule has 3 aromatic heterocycles. The van der Waals surface area contributed by atoms with E-state index in [1.807, 2.05) is 42.9 Å². The lowest BCUT2D eigenvalue weighted by atomic mass is 9.98. The van der Waals surface area contributed by atoms with E-state index >= 15 is 0 Å². The van der Waals surface area contributed by atoms with E-state index in [1.165, 1.54) is 11.9 Å². The maximum atomic E-state index is 12.7. The van der Waals surface area contributed by atoms with Crippen molar-refractivity contribution < 1.29 is 4.79 Å². The van der Waals surface area contributed by atoms with Crippen molar-refractivity contribution >= 4 is 11.7 Å². The fourth-order valence-corrected chi connectivity index (χ4v) is 4.36. The lowest BCUT2D eigenvalue weighted by molar-refractivity contribution is -0.121. The number of amides is 1. The fraction of sp³-hybridized carbons (Fsp3) is 0.222. The summed E-state index contributed by atoms with van der Waals surface area (Å²) in [5.74, 6) is 0.589. The number of benzene rings is 2. The second kappa shape index (κ2) is 9.89. The van der Waals surface area contributed by atoms with Gasteiger partial charge in [-0.3, -0.25) is 9.48 Å². The lowest BCUT2D eigenvalue weighted by Gasteiger charge is -2.13. The van der Waals surface area contributed by atoms with Crippen LogP contribution < -0.4 is 5.32 Å². The van der Waals surface area contributed by atoms with Crippen molar-refractivity contribution in [2.24, 2.45) is 0 Å². The van der Waals surface area contributed by atoms with Gasteiger partial charge in [0.1, 0.15) is 6.33 Å². The maximum absolute atomic E-state index is 12.7. The number of hydrogen-bond donors (Lipinski definition) is 1. The quantitative estimate of drug-likeness (QED) is 0.375. The van der Waals surface area contributed by atoms with E-state index in [1.54, 1.807) is 10.7 Å². The Balaban J connectivity index is 1.23. The molecule has 5 rings (SSSR count). The molecule has 1 N–H and O–H groups in total. The zero-order valence-corrected chi connectivity index (χ0v) is 19.8. The van der Waals surface area contributed by atoms with Crippen LogP contribution in [0.3, 0.4) is 0 Å². The molecule has 0 saturated carbocycles. The summed E-state index contributed by atoms with van der Waals surface area (Å²) in [6.07, 6.45) is 6.22. The summed E-state index contributed by atoms with van der Waals surface area (Å²) >= 11 is 0.